The molecule has 0 saturated heterocycles. The van der Waals surface area contributed by atoms with Gasteiger partial charge in [-0.05, 0) is 29.8 Å². The van der Waals surface area contributed by atoms with Crippen molar-refractivity contribution in [1.82, 2.24) is 10.3 Å². The van der Waals surface area contributed by atoms with Crippen molar-refractivity contribution in [3.05, 3.63) is 64.4 Å². The number of nitrogens with zero attached hydrogens (tertiary/aromatic N) is 2. The molecule has 0 unspecified atom stereocenters. The van der Waals surface area contributed by atoms with Crippen LogP contribution in [0.2, 0.25) is 5.02 Å². The van der Waals surface area contributed by atoms with Gasteiger partial charge in [0.1, 0.15) is 18.8 Å². The minimum atomic E-state index is -0.579. The highest BCUT2D eigenvalue weighted by molar-refractivity contribution is 6.30. The van der Waals surface area contributed by atoms with Gasteiger partial charge in [-0.15, -0.1) is 0 Å². The molecule has 0 aliphatic carbocycles. The number of ether oxygens (including phenoxy) is 1. The van der Waals surface area contributed by atoms with Crippen LogP contribution in [0.25, 0.3) is 0 Å². The number of amides is 1. The molecule has 1 heterocycles. The highest BCUT2D eigenvalue weighted by Gasteiger charge is 2.10. The molecule has 23 heavy (non-hydrogen) atoms. The van der Waals surface area contributed by atoms with Crippen molar-refractivity contribution in [3.8, 4) is 6.07 Å². The molecule has 0 saturated carbocycles. The van der Waals surface area contributed by atoms with Crippen LogP contribution in [0.5, 0.6) is 0 Å². The van der Waals surface area contributed by atoms with Gasteiger partial charge in [0.15, 0.2) is 0 Å². The normalized spacial score (nSPS) is 9.74. The molecule has 2 aromatic rings. The van der Waals surface area contributed by atoms with E-state index in [9.17, 15) is 9.59 Å². The van der Waals surface area contributed by atoms with Gasteiger partial charge in [0.05, 0.1) is 11.6 Å². The fraction of sp³-hybridized carbons (Fsp3) is 0.125. The zero-order valence-corrected chi connectivity index (χ0v) is 12.7. The average molecular weight is 330 g/mol. The summed E-state index contributed by atoms with van der Waals surface area (Å²) in [5.74, 6) is -1.09. The first kappa shape index (κ1) is 16.5. The van der Waals surface area contributed by atoms with E-state index in [0.717, 1.165) is 5.56 Å². The molecule has 0 spiro atoms. The van der Waals surface area contributed by atoms with E-state index in [1.807, 2.05) is 6.07 Å². The number of pyridine rings is 1. The number of hydrogen-bond acceptors (Lipinski definition) is 5. The van der Waals surface area contributed by atoms with Crippen molar-refractivity contribution in [2.24, 2.45) is 0 Å². The molecular formula is C16H12ClN3O3. The number of nitriles is 1. The van der Waals surface area contributed by atoms with Gasteiger partial charge in [-0.2, -0.15) is 5.26 Å². The number of halogens is 1. The Morgan fingerprint density at radius 1 is 1.26 bits per heavy atom. The van der Waals surface area contributed by atoms with E-state index in [-0.39, 0.29) is 18.8 Å². The van der Waals surface area contributed by atoms with Crippen LogP contribution in [0.15, 0.2) is 42.6 Å². The smallest absolute Gasteiger partial charge is 0.325 e. The number of aromatic nitrogens is 1. The van der Waals surface area contributed by atoms with Crippen LogP contribution >= 0.6 is 11.6 Å². The second-order valence-corrected chi connectivity index (χ2v) is 4.95. The number of benzene rings is 1. The molecule has 6 nitrogen and oxygen atoms in total. The maximum Gasteiger partial charge on any atom is 0.325 e. The second-order valence-electron chi connectivity index (χ2n) is 4.51. The third kappa shape index (κ3) is 5.09. The van der Waals surface area contributed by atoms with Crippen LogP contribution in [0, 0.1) is 11.3 Å². The van der Waals surface area contributed by atoms with Crippen molar-refractivity contribution in [3.63, 3.8) is 0 Å². The first-order chi connectivity index (χ1) is 11.1. The van der Waals surface area contributed by atoms with Gasteiger partial charge < -0.3 is 10.1 Å². The third-order valence-corrected chi connectivity index (χ3v) is 3.07. The Hall–Kier alpha value is -2.91. The maximum atomic E-state index is 11.8. The third-order valence-electron chi connectivity index (χ3n) is 2.83. The number of carbonyl (C=O) groups excluding carboxylic acids is 2. The van der Waals surface area contributed by atoms with E-state index < -0.39 is 11.9 Å². The summed E-state index contributed by atoms with van der Waals surface area (Å²) in [6.07, 6.45) is 1.40. The summed E-state index contributed by atoms with van der Waals surface area (Å²) >= 11 is 5.76. The summed E-state index contributed by atoms with van der Waals surface area (Å²) < 4.78 is 5.03. The molecule has 1 aromatic heterocycles. The van der Waals surface area contributed by atoms with E-state index >= 15 is 0 Å². The summed E-state index contributed by atoms with van der Waals surface area (Å²) in [6, 6.07) is 11.6. The minimum Gasteiger partial charge on any atom is -0.460 e. The molecule has 1 amide bonds. The van der Waals surface area contributed by atoms with Crippen molar-refractivity contribution >= 4 is 23.5 Å². The molecule has 0 aliphatic rings. The molecule has 2 rings (SSSR count). The quantitative estimate of drug-likeness (QED) is 0.848. The molecule has 0 fully saturated rings. The molecule has 1 N–H and O–H groups in total. The Kier molecular flexibility index (Phi) is 5.67. The zero-order chi connectivity index (χ0) is 16.7. The van der Waals surface area contributed by atoms with Crippen LogP contribution in [-0.2, 0) is 16.1 Å². The van der Waals surface area contributed by atoms with Gasteiger partial charge in [0, 0.05) is 11.2 Å². The number of hydrogen-bond donors (Lipinski definition) is 1. The standard InChI is InChI=1S/C16H12ClN3O3/c17-13-5-6-19-14(7-13)16(22)20-9-15(21)23-10-12-3-1-11(8-18)2-4-12/h1-7H,9-10H2,(H,20,22). The molecule has 7 heteroatoms. The summed E-state index contributed by atoms with van der Waals surface area (Å²) in [5.41, 5.74) is 1.40. The molecule has 116 valence electrons. The van der Waals surface area contributed by atoms with Gasteiger partial charge in [-0.1, -0.05) is 23.7 Å². The maximum absolute atomic E-state index is 11.8. The SMILES string of the molecule is N#Cc1ccc(COC(=O)CNC(=O)c2cc(Cl)ccn2)cc1. The van der Waals surface area contributed by atoms with E-state index in [0.29, 0.717) is 10.6 Å². The van der Waals surface area contributed by atoms with Gasteiger partial charge in [-0.25, -0.2) is 0 Å². The lowest BCUT2D eigenvalue weighted by atomic mass is 10.2. The molecule has 0 bridgehead atoms. The summed E-state index contributed by atoms with van der Waals surface area (Å²) in [4.78, 5) is 27.2. The predicted octanol–water partition coefficient (Wildman–Crippen LogP) is 2.08. The van der Waals surface area contributed by atoms with Crippen LogP contribution in [0.4, 0.5) is 0 Å². The lowest BCUT2D eigenvalue weighted by Crippen LogP contribution is -2.31. The molecule has 0 radical (unpaired) electrons. The Labute approximate surface area is 137 Å². The van der Waals surface area contributed by atoms with Crippen LogP contribution in [0.3, 0.4) is 0 Å². The lowest BCUT2D eigenvalue weighted by Gasteiger charge is -2.06. The molecule has 0 aliphatic heterocycles. The highest BCUT2D eigenvalue weighted by atomic mass is 35.5. The van der Waals surface area contributed by atoms with E-state index in [2.05, 4.69) is 10.3 Å². The lowest BCUT2D eigenvalue weighted by molar-refractivity contribution is -0.143. The van der Waals surface area contributed by atoms with Gasteiger partial charge >= 0.3 is 5.97 Å². The molecular weight excluding hydrogens is 318 g/mol. The Morgan fingerprint density at radius 2 is 2.00 bits per heavy atom. The van der Waals surface area contributed by atoms with E-state index in [1.165, 1.54) is 12.3 Å². The summed E-state index contributed by atoms with van der Waals surface area (Å²) in [7, 11) is 0. The number of esters is 1. The van der Waals surface area contributed by atoms with Gasteiger partial charge in [0.25, 0.3) is 5.91 Å². The number of nitrogens with one attached hydrogen (secondary N) is 1. The highest BCUT2D eigenvalue weighted by Crippen LogP contribution is 2.08. The summed E-state index contributed by atoms with van der Waals surface area (Å²) in [6.45, 7) is -0.209. The Balaban J connectivity index is 1.78. The molecule has 1 aromatic carbocycles. The van der Waals surface area contributed by atoms with E-state index in [4.69, 9.17) is 21.6 Å². The van der Waals surface area contributed by atoms with Crippen molar-refractivity contribution in [2.45, 2.75) is 6.61 Å². The average Bonchev–Trinajstić information content (AvgIpc) is 2.58. The van der Waals surface area contributed by atoms with Crippen molar-refractivity contribution in [1.29, 1.82) is 5.26 Å². The second kappa shape index (κ2) is 7.92. The van der Waals surface area contributed by atoms with E-state index in [1.54, 1.807) is 30.3 Å². The van der Waals surface area contributed by atoms with Crippen LogP contribution in [-0.4, -0.2) is 23.4 Å². The first-order valence-corrected chi connectivity index (χ1v) is 7.00. The topological polar surface area (TPSA) is 92.1 Å². The van der Waals surface area contributed by atoms with Gasteiger partial charge in [0.2, 0.25) is 0 Å². The van der Waals surface area contributed by atoms with Gasteiger partial charge in [-0.3, -0.25) is 14.6 Å². The summed E-state index contributed by atoms with van der Waals surface area (Å²) in [5, 5.41) is 11.5. The number of carbonyl (C=O) groups is 2. The minimum absolute atomic E-state index is 0.0653. The fourth-order valence-corrected chi connectivity index (χ4v) is 1.82. The fourth-order valence-electron chi connectivity index (χ4n) is 1.66. The zero-order valence-electron chi connectivity index (χ0n) is 12.0. The Bertz CT molecular complexity index is 754. The molecule has 0 atom stereocenters. The first-order valence-electron chi connectivity index (χ1n) is 6.63. The van der Waals surface area contributed by atoms with Crippen LogP contribution < -0.4 is 5.32 Å². The van der Waals surface area contributed by atoms with Crippen molar-refractivity contribution < 1.29 is 14.3 Å². The monoisotopic (exact) mass is 329 g/mol. The Morgan fingerprint density at radius 3 is 2.65 bits per heavy atom. The van der Waals surface area contributed by atoms with Crippen LogP contribution in [0.1, 0.15) is 21.6 Å². The predicted molar refractivity (Wildman–Crippen MR) is 82.5 cm³/mol. The van der Waals surface area contributed by atoms with Crippen molar-refractivity contribution in [2.75, 3.05) is 6.54 Å². The largest absolute Gasteiger partial charge is 0.460 e. The number of rotatable bonds is 5.